The van der Waals surface area contributed by atoms with Crippen LogP contribution in [0.1, 0.15) is 56.8 Å². The Morgan fingerprint density at radius 2 is 2.06 bits per heavy atom. The van der Waals surface area contributed by atoms with E-state index in [1.807, 2.05) is 4.68 Å². The van der Waals surface area contributed by atoms with Crippen molar-refractivity contribution in [3.8, 4) is 0 Å². The van der Waals surface area contributed by atoms with Crippen molar-refractivity contribution in [2.45, 2.75) is 57.4 Å². The Hall–Kier alpha value is -0.840. The second kappa shape index (κ2) is 6.19. The summed E-state index contributed by atoms with van der Waals surface area (Å²) in [6.45, 7) is 0. The van der Waals surface area contributed by atoms with E-state index in [0.29, 0.717) is 16.9 Å². The molecule has 0 saturated heterocycles. The normalized spacial score (nSPS) is 17.5. The topological polar surface area (TPSA) is 57.6 Å². The smallest absolute Gasteiger partial charge is 0.260 e. The number of rotatable bonds is 5. The Morgan fingerprint density at radius 3 is 2.76 bits per heavy atom. The quantitative estimate of drug-likeness (QED) is 0.351. The van der Waals surface area contributed by atoms with E-state index < -0.39 is 0 Å². The number of nitrogens with zero attached hydrogens (tertiary/aromatic N) is 4. The third kappa shape index (κ3) is 3.31. The third-order valence-corrected chi connectivity index (χ3v) is 3.61. The summed E-state index contributed by atoms with van der Waals surface area (Å²) in [7, 11) is 0. The third-order valence-electron chi connectivity index (χ3n) is 3.34. The first kappa shape index (κ1) is 12.6. The number of aryl methyl sites for hydroxylation is 1. The summed E-state index contributed by atoms with van der Waals surface area (Å²) in [5.74, 6) is 1.48. The number of alkyl halides is 1. The van der Waals surface area contributed by atoms with Crippen molar-refractivity contribution in [3.63, 3.8) is 0 Å². The first-order valence-corrected chi connectivity index (χ1v) is 6.96. The maximum absolute atomic E-state index is 11.2. The average molecular weight is 259 g/mol. The van der Waals surface area contributed by atoms with Crippen molar-refractivity contribution >= 4 is 11.6 Å². The van der Waals surface area contributed by atoms with Crippen molar-refractivity contribution in [2.75, 3.05) is 5.88 Å². The van der Waals surface area contributed by atoms with Gasteiger partial charge in [-0.15, -0.1) is 16.3 Å². The first-order chi connectivity index (χ1) is 8.31. The molecule has 5 nitrogen and oxygen atoms in total. The van der Waals surface area contributed by atoms with Gasteiger partial charge >= 0.3 is 0 Å². The number of tetrazole rings is 1. The number of halogens is 1. The lowest BCUT2D eigenvalue weighted by atomic mass is 9.95. The molecule has 0 N–H and O–H groups in total. The Labute approximate surface area is 106 Å². The van der Waals surface area contributed by atoms with Gasteiger partial charge in [-0.05, 0) is 48.6 Å². The highest BCUT2D eigenvalue weighted by Crippen LogP contribution is 2.27. The molecular weight excluding hydrogens is 240 g/mol. The molecule has 0 atom stereocenters. The van der Waals surface area contributed by atoms with E-state index in [-0.39, 0.29) is 0 Å². The van der Waals surface area contributed by atoms with Crippen LogP contribution < -0.4 is 4.96 Å². The lowest BCUT2D eigenvalue weighted by Gasteiger charge is -2.17. The predicted octanol–water partition coefficient (Wildman–Crippen LogP) is 1.98. The molecule has 17 heavy (non-hydrogen) atoms. The molecule has 0 aromatic carbocycles. The molecule has 1 aliphatic rings. The number of hydrogen-bond donors (Lipinski definition) is 0. The summed E-state index contributed by atoms with van der Waals surface area (Å²) >= 11 is 5.65. The molecule has 0 radical (unpaired) electrons. The Bertz CT molecular complexity index is 349. The highest BCUT2D eigenvalue weighted by atomic mass is 35.5. The molecule has 0 bridgehead atoms. The SMILES string of the molecule is [O-][n+]1nc(CCCCCl)n(C2CCCCC2)n1. The lowest BCUT2D eigenvalue weighted by Crippen LogP contribution is -2.33. The average Bonchev–Trinajstić information content (AvgIpc) is 2.72. The van der Waals surface area contributed by atoms with E-state index in [4.69, 9.17) is 11.6 Å². The lowest BCUT2D eigenvalue weighted by molar-refractivity contribution is -0.728. The molecule has 0 unspecified atom stereocenters. The number of hydrogen-bond acceptors (Lipinski definition) is 3. The first-order valence-electron chi connectivity index (χ1n) is 6.43. The molecule has 1 aromatic heterocycles. The van der Waals surface area contributed by atoms with Crippen molar-refractivity contribution in [2.24, 2.45) is 0 Å². The van der Waals surface area contributed by atoms with Crippen LogP contribution in [0.15, 0.2) is 0 Å². The van der Waals surface area contributed by atoms with Crippen molar-refractivity contribution in [1.29, 1.82) is 0 Å². The van der Waals surface area contributed by atoms with Gasteiger partial charge in [0.25, 0.3) is 5.82 Å². The van der Waals surface area contributed by atoms with Gasteiger partial charge in [-0.2, -0.15) is 0 Å². The van der Waals surface area contributed by atoms with Gasteiger partial charge in [0.1, 0.15) is 11.3 Å². The van der Waals surface area contributed by atoms with E-state index in [9.17, 15) is 5.21 Å². The number of aromatic nitrogens is 4. The van der Waals surface area contributed by atoms with Gasteiger partial charge in [-0.3, -0.25) is 0 Å². The summed E-state index contributed by atoms with van der Waals surface area (Å²) in [4.78, 5) is 0.449. The molecule has 2 rings (SSSR count). The van der Waals surface area contributed by atoms with Gasteiger partial charge in [0, 0.05) is 12.3 Å². The van der Waals surface area contributed by atoms with Crippen molar-refractivity contribution in [1.82, 2.24) is 15.0 Å². The van der Waals surface area contributed by atoms with E-state index in [2.05, 4.69) is 10.3 Å². The highest BCUT2D eigenvalue weighted by molar-refractivity contribution is 6.17. The monoisotopic (exact) mass is 258 g/mol. The van der Waals surface area contributed by atoms with Crippen LogP contribution in [0.3, 0.4) is 0 Å². The molecule has 6 heteroatoms. The fourth-order valence-corrected chi connectivity index (χ4v) is 2.64. The summed E-state index contributed by atoms with van der Waals surface area (Å²) in [6, 6.07) is 0.373. The molecule has 96 valence electrons. The summed E-state index contributed by atoms with van der Waals surface area (Å²) in [6.07, 6.45) is 8.70. The molecule has 0 spiro atoms. The second-order valence-corrected chi connectivity index (χ2v) is 5.02. The Morgan fingerprint density at radius 1 is 1.29 bits per heavy atom. The fourth-order valence-electron chi connectivity index (χ4n) is 2.45. The van der Waals surface area contributed by atoms with Gasteiger partial charge < -0.3 is 5.21 Å². The van der Waals surface area contributed by atoms with E-state index in [1.54, 1.807) is 0 Å². The molecular formula is C11H19ClN4O. The van der Waals surface area contributed by atoms with Gasteiger partial charge in [0.15, 0.2) is 0 Å². The van der Waals surface area contributed by atoms with Gasteiger partial charge in [-0.1, -0.05) is 6.42 Å². The van der Waals surface area contributed by atoms with Crippen molar-refractivity contribution < 1.29 is 4.96 Å². The molecule has 1 heterocycles. The zero-order chi connectivity index (χ0) is 12.1. The van der Waals surface area contributed by atoms with Crippen molar-refractivity contribution in [3.05, 3.63) is 11.0 Å². The number of unbranched alkanes of at least 4 members (excludes halogenated alkanes) is 1. The maximum Gasteiger partial charge on any atom is 0.260 e. The van der Waals surface area contributed by atoms with E-state index in [1.165, 1.54) is 19.3 Å². The Kier molecular flexibility index (Phi) is 4.59. The van der Waals surface area contributed by atoms with Crippen LogP contribution in [0.4, 0.5) is 0 Å². The molecule has 1 aliphatic carbocycles. The zero-order valence-corrected chi connectivity index (χ0v) is 10.8. The predicted molar refractivity (Wildman–Crippen MR) is 64.8 cm³/mol. The largest absolute Gasteiger partial charge is 0.671 e. The Balaban J connectivity index is 2.03. The molecule has 1 fully saturated rings. The highest BCUT2D eigenvalue weighted by Gasteiger charge is 2.26. The van der Waals surface area contributed by atoms with Gasteiger partial charge in [0.05, 0.1) is 0 Å². The minimum absolute atomic E-state index is 0.373. The van der Waals surface area contributed by atoms with Crippen LogP contribution in [-0.4, -0.2) is 20.9 Å². The maximum atomic E-state index is 11.2. The standard InChI is InChI=1S/C11H19ClN4O/c12-9-5-4-8-11-13-16(17)14-15(11)10-6-2-1-3-7-10/h10H,1-9H2. The summed E-state index contributed by atoms with van der Waals surface area (Å²) in [5, 5.41) is 19.1. The van der Waals surface area contributed by atoms with Crippen LogP contribution >= 0.6 is 11.6 Å². The van der Waals surface area contributed by atoms with Gasteiger partial charge in [-0.25, -0.2) is 0 Å². The van der Waals surface area contributed by atoms with Crippen LogP contribution in [0.2, 0.25) is 0 Å². The molecule has 1 saturated carbocycles. The zero-order valence-electron chi connectivity index (χ0n) is 10.0. The van der Waals surface area contributed by atoms with E-state index >= 15 is 0 Å². The second-order valence-electron chi connectivity index (χ2n) is 4.64. The van der Waals surface area contributed by atoms with Crippen LogP contribution in [0.25, 0.3) is 0 Å². The molecule has 0 aliphatic heterocycles. The molecule has 0 amide bonds. The molecule has 1 aromatic rings. The van der Waals surface area contributed by atoms with E-state index in [0.717, 1.165) is 37.9 Å². The fraction of sp³-hybridized carbons (Fsp3) is 0.909. The van der Waals surface area contributed by atoms with Crippen LogP contribution in [0, 0.1) is 5.21 Å². The minimum atomic E-state index is 0.373. The van der Waals surface area contributed by atoms with Crippen LogP contribution in [0.5, 0.6) is 0 Å². The van der Waals surface area contributed by atoms with Gasteiger partial charge in [0.2, 0.25) is 0 Å². The summed E-state index contributed by atoms with van der Waals surface area (Å²) in [5.41, 5.74) is 0. The summed E-state index contributed by atoms with van der Waals surface area (Å²) < 4.78 is 1.85. The van der Waals surface area contributed by atoms with Crippen LogP contribution in [-0.2, 0) is 6.42 Å². The minimum Gasteiger partial charge on any atom is -0.671 e.